The second kappa shape index (κ2) is 7.79. The molecule has 2 aromatic heterocycles. The standard InChI is InChI=1S/C21H21N3O4S/c1-11-17-12(2)22-19(13-7-8-13)24-21(17)29-18(11)20(26)23-14-5-4-6-15(9-14)28-10-16(25)27-3/h4-6,9,13H,7-8,10H2,1-3H3,(H,23,26). The number of esters is 1. The van der Waals surface area contributed by atoms with E-state index >= 15 is 0 Å². The smallest absolute Gasteiger partial charge is 0.343 e. The number of nitrogens with zero attached hydrogens (tertiary/aromatic N) is 2. The molecule has 8 heteroatoms. The molecule has 0 atom stereocenters. The van der Waals surface area contributed by atoms with Crippen LogP contribution in [0, 0.1) is 13.8 Å². The first kappa shape index (κ1) is 19.3. The number of methoxy groups -OCH3 is 1. The number of rotatable bonds is 6. The molecular formula is C21H21N3O4S. The number of ether oxygens (including phenoxy) is 2. The van der Waals surface area contributed by atoms with Crippen LogP contribution in [0.5, 0.6) is 5.75 Å². The summed E-state index contributed by atoms with van der Waals surface area (Å²) in [5.74, 6) is 1.15. The van der Waals surface area contributed by atoms with Crippen LogP contribution in [0.15, 0.2) is 24.3 Å². The van der Waals surface area contributed by atoms with Crippen molar-refractivity contribution in [3.63, 3.8) is 0 Å². The van der Waals surface area contributed by atoms with Crippen molar-refractivity contribution in [2.24, 2.45) is 0 Å². The van der Waals surface area contributed by atoms with Crippen LogP contribution in [0.4, 0.5) is 5.69 Å². The van der Waals surface area contributed by atoms with E-state index in [0.717, 1.165) is 40.1 Å². The number of anilines is 1. The summed E-state index contributed by atoms with van der Waals surface area (Å²) in [4.78, 5) is 34.9. The average Bonchev–Trinajstić information content (AvgIpc) is 3.50. The SMILES string of the molecule is COC(=O)COc1cccc(NC(=O)c2sc3nc(C4CC4)nc(C)c3c2C)c1. The van der Waals surface area contributed by atoms with Gasteiger partial charge in [0, 0.05) is 23.1 Å². The molecule has 0 bridgehead atoms. The number of carbonyl (C=O) groups excluding carboxylic acids is 2. The zero-order valence-corrected chi connectivity index (χ0v) is 17.3. The number of aromatic nitrogens is 2. The molecule has 1 amide bonds. The van der Waals surface area contributed by atoms with E-state index < -0.39 is 5.97 Å². The predicted molar refractivity (Wildman–Crippen MR) is 111 cm³/mol. The molecule has 1 aliphatic carbocycles. The predicted octanol–water partition coefficient (Wildman–Crippen LogP) is 3.99. The molecule has 2 heterocycles. The van der Waals surface area contributed by atoms with E-state index in [4.69, 9.17) is 9.72 Å². The van der Waals surface area contributed by atoms with Crippen molar-refractivity contribution in [1.82, 2.24) is 9.97 Å². The lowest BCUT2D eigenvalue weighted by molar-refractivity contribution is -0.142. The summed E-state index contributed by atoms with van der Waals surface area (Å²) in [6.07, 6.45) is 2.27. The summed E-state index contributed by atoms with van der Waals surface area (Å²) in [6, 6.07) is 6.89. The molecule has 1 N–H and O–H groups in total. The van der Waals surface area contributed by atoms with E-state index in [1.165, 1.54) is 18.4 Å². The summed E-state index contributed by atoms with van der Waals surface area (Å²) in [5.41, 5.74) is 2.39. The third-order valence-electron chi connectivity index (χ3n) is 4.81. The molecule has 1 fully saturated rings. The van der Waals surface area contributed by atoms with Crippen LogP contribution in [0.2, 0.25) is 0 Å². The summed E-state index contributed by atoms with van der Waals surface area (Å²) in [7, 11) is 1.30. The molecule has 29 heavy (non-hydrogen) atoms. The quantitative estimate of drug-likeness (QED) is 0.617. The van der Waals surface area contributed by atoms with Crippen molar-refractivity contribution < 1.29 is 19.1 Å². The van der Waals surface area contributed by atoms with Crippen LogP contribution >= 0.6 is 11.3 Å². The van der Waals surface area contributed by atoms with Gasteiger partial charge < -0.3 is 14.8 Å². The molecule has 0 spiro atoms. The van der Waals surface area contributed by atoms with Crippen molar-refractivity contribution in [2.45, 2.75) is 32.6 Å². The first-order valence-corrected chi connectivity index (χ1v) is 10.2. The molecule has 3 aromatic rings. The lowest BCUT2D eigenvalue weighted by Crippen LogP contribution is -2.13. The Balaban J connectivity index is 1.55. The molecule has 0 aliphatic heterocycles. The third kappa shape index (κ3) is 4.07. The highest BCUT2D eigenvalue weighted by Gasteiger charge is 2.28. The number of fused-ring (bicyclic) bond motifs is 1. The molecule has 1 aliphatic rings. The van der Waals surface area contributed by atoms with Crippen LogP contribution in [0.25, 0.3) is 10.2 Å². The van der Waals surface area contributed by atoms with Gasteiger partial charge >= 0.3 is 5.97 Å². The molecule has 0 saturated heterocycles. The summed E-state index contributed by atoms with van der Waals surface area (Å²) in [6.45, 7) is 3.71. The van der Waals surface area contributed by atoms with Gasteiger partial charge in [0.1, 0.15) is 16.4 Å². The minimum Gasteiger partial charge on any atom is -0.482 e. The Bertz CT molecular complexity index is 1100. The van der Waals surface area contributed by atoms with E-state index in [2.05, 4.69) is 15.0 Å². The summed E-state index contributed by atoms with van der Waals surface area (Å²) >= 11 is 1.39. The average molecular weight is 411 g/mol. The Kier molecular flexibility index (Phi) is 5.19. The lowest BCUT2D eigenvalue weighted by atomic mass is 10.1. The Morgan fingerprint density at radius 2 is 2.03 bits per heavy atom. The van der Waals surface area contributed by atoms with Gasteiger partial charge in [0.25, 0.3) is 5.91 Å². The van der Waals surface area contributed by atoms with E-state index in [1.54, 1.807) is 24.3 Å². The molecule has 150 valence electrons. The number of aryl methyl sites for hydroxylation is 2. The maximum atomic E-state index is 12.9. The van der Waals surface area contributed by atoms with Gasteiger partial charge in [0.2, 0.25) is 0 Å². The Morgan fingerprint density at radius 3 is 2.76 bits per heavy atom. The topological polar surface area (TPSA) is 90.4 Å². The number of hydrogen-bond acceptors (Lipinski definition) is 7. The Hall–Kier alpha value is -3.00. The number of benzene rings is 1. The Labute approximate surface area is 172 Å². The first-order chi connectivity index (χ1) is 14.0. The van der Waals surface area contributed by atoms with Gasteiger partial charge in [-0.2, -0.15) is 0 Å². The minimum absolute atomic E-state index is 0.190. The monoisotopic (exact) mass is 411 g/mol. The van der Waals surface area contributed by atoms with Crippen molar-refractivity contribution in [3.8, 4) is 5.75 Å². The van der Waals surface area contributed by atoms with Crippen molar-refractivity contribution in [3.05, 3.63) is 46.2 Å². The van der Waals surface area contributed by atoms with Gasteiger partial charge in [0.15, 0.2) is 6.61 Å². The van der Waals surface area contributed by atoms with Gasteiger partial charge in [-0.05, 0) is 44.4 Å². The highest BCUT2D eigenvalue weighted by molar-refractivity contribution is 7.20. The largest absolute Gasteiger partial charge is 0.482 e. The fourth-order valence-electron chi connectivity index (χ4n) is 3.15. The van der Waals surface area contributed by atoms with Crippen LogP contribution in [-0.2, 0) is 9.53 Å². The van der Waals surface area contributed by atoms with E-state index in [9.17, 15) is 9.59 Å². The molecular weight excluding hydrogens is 390 g/mol. The normalized spacial score (nSPS) is 13.3. The van der Waals surface area contributed by atoms with Gasteiger partial charge in [-0.15, -0.1) is 11.3 Å². The van der Waals surface area contributed by atoms with Crippen LogP contribution < -0.4 is 10.1 Å². The highest BCUT2D eigenvalue weighted by Crippen LogP contribution is 2.40. The van der Waals surface area contributed by atoms with E-state index in [-0.39, 0.29) is 12.5 Å². The zero-order valence-electron chi connectivity index (χ0n) is 16.4. The number of thiophene rings is 1. The van der Waals surface area contributed by atoms with Gasteiger partial charge in [0.05, 0.1) is 17.7 Å². The molecule has 4 rings (SSSR count). The number of amides is 1. The van der Waals surface area contributed by atoms with Crippen molar-refractivity contribution in [1.29, 1.82) is 0 Å². The molecule has 1 saturated carbocycles. The van der Waals surface area contributed by atoms with Gasteiger partial charge in [-0.3, -0.25) is 4.79 Å². The van der Waals surface area contributed by atoms with Crippen LogP contribution in [-0.4, -0.2) is 35.6 Å². The van der Waals surface area contributed by atoms with Crippen molar-refractivity contribution >= 4 is 39.1 Å². The van der Waals surface area contributed by atoms with Gasteiger partial charge in [-0.1, -0.05) is 6.07 Å². The molecule has 1 aromatic carbocycles. The van der Waals surface area contributed by atoms with Crippen LogP contribution in [0.1, 0.15) is 45.5 Å². The summed E-state index contributed by atoms with van der Waals surface area (Å²) in [5, 5.41) is 3.86. The molecule has 0 radical (unpaired) electrons. The number of hydrogen-bond donors (Lipinski definition) is 1. The third-order valence-corrected chi connectivity index (χ3v) is 6.00. The first-order valence-electron chi connectivity index (χ1n) is 9.35. The summed E-state index contributed by atoms with van der Waals surface area (Å²) < 4.78 is 9.93. The Morgan fingerprint density at radius 1 is 1.24 bits per heavy atom. The second-order valence-corrected chi connectivity index (χ2v) is 8.02. The lowest BCUT2D eigenvalue weighted by Gasteiger charge is -2.08. The van der Waals surface area contributed by atoms with Crippen LogP contribution in [0.3, 0.4) is 0 Å². The number of nitrogens with one attached hydrogen (secondary N) is 1. The second-order valence-electron chi connectivity index (χ2n) is 7.02. The fourth-order valence-corrected chi connectivity index (χ4v) is 4.29. The van der Waals surface area contributed by atoms with Gasteiger partial charge in [-0.25, -0.2) is 14.8 Å². The number of carbonyl (C=O) groups is 2. The van der Waals surface area contributed by atoms with E-state index in [1.807, 2.05) is 13.8 Å². The van der Waals surface area contributed by atoms with Crippen molar-refractivity contribution in [2.75, 3.05) is 19.0 Å². The highest BCUT2D eigenvalue weighted by atomic mass is 32.1. The maximum absolute atomic E-state index is 12.9. The fraction of sp³-hybridized carbons (Fsp3) is 0.333. The maximum Gasteiger partial charge on any atom is 0.343 e. The minimum atomic E-state index is -0.470. The zero-order chi connectivity index (χ0) is 20.5. The van der Waals surface area contributed by atoms with E-state index in [0.29, 0.717) is 22.2 Å². The molecule has 7 nitrogen and oxygen atoms in total. The molecule has 0 unspecified atom stereocenters.